The number of guanidine groups is 1. The lowest BCUT2D eigenvalue weighted by Gasteiger charge is -2.06. The highest BCUT2D eigenvalue weighted by Gasteiger charge is 1.97. The van der Waals surface area contributed by atoms with Gasteiger partial charge in [-0.3, -0.25) is 4.99 Å². The molecular formula is C19H25N3O. The third-order valence-electron chi connectivity index (χ3n) is 3.64. The van der Waals surface area contributed by atoms with Crippen LogP contribution in [0, 0.1) is 6.92 Å². The van der Waals surface area contributed by atoms with E-state index in [9.17, 15) is 0 Å². The molecule has 0 saturated carbocycles. The van der Waals surface area contributed by atoms with Gasteiger partial charge in [0.1, 0.15) is 5.75 Å². The molecule has 4 heteroatoms. The monoisotopic (exact) mass is 311 g/mol. The fourth-order valence-electron chi connectivity index (χ4n) is 2.26. The quantitative estimate of drug-likeness (QED) is 0.465. The van der Waals surface area contributed by atoms with Gasteiger partial charge in [-0.2, -0.15) is 0 Å². The Balaban J connectivity index is 1.68. The molecule has 3 N–H and O–H groups in total. The first-order chi connectivity index (χ1) is 11.2. The molecule has 0 aliphatic rings. The number of aryl methyl sites for hydroxylation is 2. The van der Waals surface area contributed by atoms with Crippen molar-refractivity contribution in [2.45, 2.75) is 26.2 Å². The number of aliphatic imine (C=N–C) groups is 1. The summed E-state index contributed by atoms with van der Waals surface area (Å²) in [6.45, 7) is 2.80. The largest absolute Gasteiger partial charge is 0.497 e. The van der Waals surface area contributed by atoms with Crippen molar-refractivity contribution in [3.63, 3.8) is 0 Å². The number of nitrogens with one attached hydrogen (secondary N) is 1. The average Bonchev–Trinajstić information content (AvgIpc) is 2.57. The van der Waals surface area contributed by atoms with Crippen LogP contribution in [0.3, 0.4) is 0 Å². The molecule has 122 valence electrons. The van der Waals surface area contributed by atoms with Gasteiger partial charge in [0.05, 0.1) is 7.11 Å². The van der Waals surface area contributed by atoms with Crippen LogP contribution in [0.1, 0.15) is 24.0 Å². The summed E-state index contributed by atoms with van der Waals surface area (Å²) in [6.07, 6.45) is 3.15. The van der Waals surface area contributed by atoms with E-state index in [2.05, 4.69) is 29.4 Å². The number of nitrogens with two attached hydrogens (primary N) is 1. The second kappa shape index (κ2) is 8.83. The number of anilines is 1. The fourth-order valence-corrected chi connectivity index (χ4v) is 2.26. The zero-order valence-electron chi connectivity index (χ0n) is 13.9. The number of hydrogen-bond acceptors (Lipinski definition) is 2. The van der Waals surface area contributed by atoms with Crippen LogP contribution < -0.4 is 15.8 Å². The van der Waals surface area contributed by atoms with Crippen molar-refractivity contribution in [2.75, 3.05) is 19.0 Å². The summed E-state index contributed by atoms with van der Waals surface area (Å²) < 4.78 is 5.16. The molecular weight excluding hydrogens is 286 g/mol. The maximum absolute atomic E-state index is 5.89. The Kier molecular flexibility index (Phi) is 6.48. The van der Waals surface area contributed by atoms with E-state index in [0.717, 1.165) is 37.2 Å². The lowest BCUT2D eigenvalue weighted by atomic mass is 10.1. The first-order valence-corrected chi connectivity index (χ1v) is 7.94. The van der Waals surface area contributed by atoms with Crippen LogP contribution in [0.2, 0.25) is 0 Å². The third kappa shape index (κ3) is 6.02. The van der Waals surface area contributed by atoms with Gasteiger partial charge in [-0.15, -0.1) is 0 Å². The zero-order chi connectivity index (χ0) is 16.5. The lowest BCUT2D eigenvalue weighted by Crippen LogP contribution is -2.22. The van der Waals surface area contributed by atoms with Crippen LogP contribution in [0.4, 0.5) is 5.69 Å². The summed E-state index contributed by atoms with van der Waals surface area (Å²) >= 11 is 0. The number of rotatable bonds is 7. The molecule has 2 rings (SSSR count). The summed E-state index contributed by atoms with van der Waals surface area (Å²) in [5.74, 6) is 1.37. The molecule has 0 atom stereocenters. The molecule has 0 spiro atoms. The van der Waals surface area contributed by atoms with E-state index in [4.69, 9.17) is 10.5 Å². The summed E-state index contributed by atoms with van der Waals surface area (Å²) in [4.78, 5) is 4.36. The Labute approximate surface area is 138 Å². The molecule has 0 unspecified atom stereocenters. The van der Waals surface area contributed by atoms with Gasteiger partial charge in [0.2, 0.25) is 0 Å². The molecule has 0 amide bonds. The molecule has 0 aromatic heterocycles. The predicted octanol–water partition coefficient (Wildman–Crippen LogP) is 3.75. The van der Waals surface area contributed by atoms with E-state index >= 15 is 0 Å². The molecule has 0 radical (unpaired) electrons. The average molecular weight is 311 g/mol. The Morgan fingerprint density at radius 1 is 1.04 bits per heavy atom. The number of nitrogens with zero attached hydrogens (tertiary/aromatic N) is 1. The standard InChI is InChI=1S/C19H25N3O/c1-15-6-10-17(11-7-15)22-19(20)21-14-4-3-5-16-8-12-18(23-2)13-9-16/h6-13H,3-5,14H2,1-2H3,(H3,20,21,22). The van der Waals surface area contributed by atoms with Gasteiger partial charge >= 0.3 is 0 Å². The van der Waals surface area contributed by atoms with Crippen molar-refractivity contribution in [1.29, 1.82) is 0 Å². The van der Waals surface area contributed by atoms with Gasteiger partial charge in [0, 0.05) is 12.2 Å². The molecule has 2 aromatic rings. The Morgan fingerprint density at radius 3 is 2.39 bits per heavy atom. The normalized spacial score (nSPS) is 11.3. The first kappa shape index (κ1) is 16.9. The van der Waals surface area contributed by atoms with Gasteiger partial charge in [-0.1, -0.05) is 29.8 Å². The number of hydrogen-bond donors (Lipinski definition) is 2. The van der Waals surface area contributed by atoms with E-state index in [1.165, 1.54) is 11.1 Å². The molecule has 0 saturated heterocycles. The van der Waals surface area contributed by atoms with Gasteiger partial charge in [-0.05, 0) is 56.0 Å². The molecule has 0 fully saturated rings. The van der Waals surface area contributed by atoms with Crippen LogP contribution in [0.15, 0.2) is 53.5 Å². The summed E-state index contributed by atoms with van der Waals surface area (Å²) in [6, 6.07) is 16.3. The number of methoxy groups -OCH3 is 1. The van der Waals surface area contributed by atoms with Crippen LogP contribution in [-0.4, -0.2) is 19.6 Å². The topological polar surface area (TPSA) is 59.6 Å². The Bertz CT molecular complexity index is 618. The highest BCUT2D eigenvalue weighted by atomic mass is 16.5. The highest BCUT2D eigenvalue weighted by Crippen LogP contribution is 2.13. The molecule has 4 nitrogen and oxygen atoms in total. The summed E-state index contributed by atoms with van der Waals surface area (Å²) in [5, 5.41) is 3.10. The van der Waals surface area contributed by atoms with Crippen molar-refractivity contribution in [3.8, 4) is 5.75 Å². The number of benzene rings is 2. The minimum atomic E-state index is 0.471. The van der Waals surface area contributed by atoms with Crippen molar-refractivity contribution >= 4 is 11.6 Å². The summed E-state index contributed by atoms with van der Waals surface area (Å²) in [7, 11) is 1.68. The molecule has 0 aliphatic heterocycles. The molecule has 23 heavy (non-hydrogen) atoms. The smallest absolute Gasteiger partial charge is 0.193 e. The van der Waals surface area contributed by atoms with Crippen LogP contribution in [-0.2, 0) is 6.42 Å². The van der Waals surface area contributed by atoms with Crippen molar-refractivity contribution < 1.29 is 4.74 Å². The molecule has 0 aliphatic carbocycles. The fraction of sp³-hybridized carbons (Fsp3) is 0.316. The number of ether oxygens (including phenoxy) is 1. The SMILES string of the molecule is COc1ccc(CCCCN=C(N)Nc2ccc(C)cc2)cc1. The van der Waals surface area contributed by atoms with Gasteiger partial charge in [0.15, 0.2) is 5.96 Å². The van der Waals surface area contributed by atoms with Crippen LogP contribution in [0.5, 0.6) is 5.75 Å². The van der Waals surface area contributed by atoms with Gasteiger partial charge in [0.25, 0.3) is 0 Å². The van der Waals surface area contributed by atoms with Crippen LogP contribution in [0.25, 0.3) is 0 Å². The minimum Gasteiger partial charge on any atom is -0.497 e. The van der Waals surface area contributed by atoms with E-state index in [-0.39, 0.29) is 0 Å². The lowest BCUT2D eigenvalue weighted by molar-refractivity contribution is 0.414. The summed E-state index contributed by atoms with van der Waals surface area (Å²) in [5.41, 5.74) is 9.41. The van der Waals surface area contributed by atoms with E-state index < -0.39 is 0 Å². The number of unbranched alkanes of at least 4 members (excludes halogenated alkanes) is 1. The van der Waals surface area contributed by atoms with Crippen molar-refractivity contribution in [3.05, 3.63) is 59.7 Å². The predicted molar refractivity (Wildman–Crippen MR) is 97.2 cm³/mol. The zero-order valence-corrected chi connectivity index (χ0v) is 13.9. The second-order valence-electron chi connectivity index (χ2n) is 5.56. The first-order valence-electron chi connectivity index (χ1n) is 7.94. The van der Waals surface area contributed by atoms with E-state index in [0.29, 0.717) is 5.96 Å². The maximum atomic E-state index is 5.89. The Morgan fingerprint density at radius 2 is 1.74 bits per heavy atom. The van der Waals surface area contributed by atoms with Crippen molar-refractivity contribution in [1.82, 2.24) is 0 Å². The second-order valence-corrected chi connectivity index (χ2v) is 5.56. The molecule has 0 heterocycles. The van der Waals surface area contributed by atoms with Gasteiger partial charge in [-0.25, -0.2) is 0 Å². The van der Waals surface area contributed by atoms with Crippen molar-refractivity contribution in [2.24, 2.45) is 10.7 Å². The molecule has 0 bridgehead atoms. The molecule has 2 aromatic carbocycles. The highest BCUT2D eigenvalue weighted by molar-refractivity contribution is 5.92. The third-order valence-corrected chi connectivity index (χ3v) is 3.64. The van der Waals surface area contributed by atoms with Gasteiger partial charge < -0.3 is 15.8 Å². The minimum absolute atomic E-state index is 0.471. The van der Waals surface area contributed by atoms with E-state index in [1.807, 2.05) is 36.4 Å². The van der Waals surface area contributed by atoms with Crippen LogP contribution >= 0.6 is 0 Å². The maximum Gasteiger partial charge on any atom is 0.193 e. The van der Waals surface area contributed by atoms with E-state index in [1.54, 1.807) is 7.11 Å². The Hall–Kier alpha value is -2.49.